The topological polar surface area (TPSA) is 84.6 Å². The van der Waals surface area contributed by atoms with Crippen LogP contribution in [-0.2, 0) is 11.3 Å². The maximum Gasteiger partial charge on any atom is 0.275 e. The molecule has 0 amide bonds. The Bertz CT molecular complexity index is 414. The van der Waals surface area contributed by atoms with Gasteiger partial charge in [-0.1, -0.05) is 17.7 Å². The number of nitrogens with zero attached hydrogens (tertiary/aromatic N) is 1. The summed E-state index contributed by atoms with van der Waals surface area (Å²) < 4.78 is 4.90. The third-order valence-electron chi connectivity index (χ3n) is 2.45. The van der Waals surface area contributed by atoms with Gasteiger partial charge in [-0.2, -0.15) is 0 Å². The van der Waals surface area contributed by atoms with E-state index >= 15 is 0 Å². The zero-order valence-corrected chi connectivity index (χ0v) is 10.7. The van der Waals surface area contributed by atoms with Crippen molar-refractivity contribution in [2.45, 2.75) is 12.6 Å². The molecule has 1 aromatic rings. The lowest BCUT2D eigenvalue weighted by atomic mass is 10.1. The van der Waals surface area contributed by atoms with E-state index in [4.69, 9.17) is 21.4 Å². The van der Waals surface area contributed by atoms with E-state index in [-0.39, 0.29) is 24.9 Å². The molecule has 0 saturated heterocycles. The summed E-state index contributed by atoms with van der Waals surface area (Å²) in [6, 6.07) is 4.23. The number of aliphatic hydroxyl groups excluding tert-OH is 1. The lowest BCUT2D eigenvalue weighted by molar-refractivity contribution is -0.385. The molecule has 1 unspecified atom stereocenters. The normalized spacial score (nSPS) is 12.4. The minimum absolute atomic E-state index is 0.0379. The summed E-state index contributed by atoms with van der Waals surface area (Å²) >= 11 is 5.94. The molecule has 1 aromatic carbocycles. The number of hydrogen-bond donors (Lipinski definition) is 2. The monoisotopic (exact) mass is 274 g/mol. The molecule has 0 aromatic heterocycles. The molecular formula is C11H15ClN2O4. The lowest BCUT2D eigenvalue weighted by Gasteiger charge is -2.15. The number of halogens is 1. The summed E-state index contributed by atoms with van der Waals surface area (Å²) in [7, 11) is 1.52. The second kappa shape index (κ2) is 7.27. The first-order valence-electron chi connectivity index (χ1n) is 5.35. The van der Waals surface area contributed by atoms with Crippen molar-refractivity contribution in [1.82, 2.24) is 5.32 Å². The second-order valence-corrected chi connectivity index (χ2v) is 4.12. The fourth-order valence-corrected chi connectivity index (χ4v) is 1.75. The molecule has 0 saturated carbocycles. The van der Waals surface area contributed by atoms with E-state index in [1.165, 1.54) is 19.2 Å². The molecule has 1 atom stereocenters. The third-order valence-corrected chi connectivity index (χ3v) is 2.80. The number of methoxy groups -OCH3 is 1. The maximum absolute atomic E-state index is 10.9. The van der Waals surface area contributed by atoms with Crippen LogP contribution in [0.1, 0.15) is 5.56 Å². The summed E-state index contributed by atoms with van der Waals surface area (Å²) in [5.74, 6) is 0. The fourth-order valence-electron chi connectivity index (χ4n) is 1.52. The number of aliphatic hydroxyl groups is 1. The molecule has 0 heterocycles. The molecule has 0 radical (unpaired) electrons. The number of nitrogens with one attached hydrogen (secondary N) is 1. The van der Waals surface area contributed by atoms with Crippen LogP contribution in [0.25, 0.3) is 0 Å². The molecule has 1 rings (SSSR count). The van der Waals surface area contributed by atoms with E-state index in [9.17, 15) is 10.1 Å². The van der Waals surface area contributed by atoms with Gasteiger partial charge >= 0.3 is 0 Å². The van der Waals surface area contributed by atoms with Crippen molar-refractivity contribution in [3.8, 4) is 0 Å². The highest BCUT2D eigenvalue weighted by Gasteiger charge is 2.17. The van der Waals surface area contributed by atoms with Gasteiger partial charge in [-0.3, -0.25) is 10.1 Å². The molecule has 18 heavy (non-hydrogen) atoms. The zero-order valence-electron chi connectivity index (χ0n) is 9.93. The minimum atomic E-state index is -0.479. The molecule has 0 aliphatic rings. The molecule has 2 N–H and O–H groups in total. The predicted molar refractivity (Wildman–Crippen MR) is 67.7 cm³/mol. The van der Waals surface area contributed by atoms with Crippen molar-refractivity contribution in [3.05, 3.63) is 38.9 Å². The van der Waals surface area contributed by atoms with E-state index in [1.54, 1.807) is 6.07 Å². The first-order valence-corrected chi connectivity index (χ1v) is 5.73. The predicted octanol–water partition coefficient (Wildman–Crippen LogP) is 1.35. The van der Waals surface area contributed by atoms with Crippen LogP contribution in [0.2, 0.25) is 5.02 Å². The van der Waals surface area contributed by atoms with Crippen molar-refractivity contribution in [3.63, 3.8) is 0 Å². The van der Waals surface area contributed by atoms with E-state index in [2.05, 4.69) is 5.32 Å². The largest absolute Gasteiger partial charge is 0.395 e. The summed E-state index contributed by atoms with van der Waals surface area (Å²) in [6.45, 7) is 0.394. The van der Waals surface area contributed by atoms with Crippen LogP contribution in [0.15, 0.2) is 18.2 Å². The summed E-state index contributed by atoms with van der Waals surface area (Å²) in [5, 5.41) is 23.2. The summed E-state index contributed by atoms with van der Waals surface area (Å²) in [5.41, 5.74) is 0.364. The molecule has 6 nitrogen and oxygen atoms in total. The van der Waals surface area contributed by atoms with E-state index in [0.29, 0.717) is 17.2 Å². The highest BCUT2D eigenvalue weighted by atomic mass is 35.5. The Labute approximate surface area is 110 Å². The number of benzene rings is 1. The Hall–Kier alpha value is -1.21. The SMILES string of the molecule is COCC(CO)NCc1c(Cl)cccc1[N+](=O)[O-]. The van der Waals surface area contributed by atoms with Crippen LogP contribution in [0.3, 0.4) is 0 Å². The van der Waals surface area contributed by atoms with Gasteiger partial charge in [-0.05, 0) is 6.07 Å². The summed E-state index contributed by atoms with van der Waals surface area (Å²) in [4.78, 5) is 10.4. The van der Waals surface area contributed by atoms with Crippen molar-refractivity contribution in [2.24, 2.45) is 0 Å². The number of hydrogen-bond acceptors (Lipinski definition) is 5. The quantitative estimate of drug-likeness (QED) is 0.579. The van der Waals surface area contributed by atoms with E-state index in [1.807, 2.05) is 0 Å². The first-order chi connectivity index (χ1) is 8.60. The first kappa shape index (κ1) is 14.8. The fraction of sp³-hybridized carbons (Fsp3) is 0.455. The van der Waals surface area contributed by atoms with E-state index < -0.39 is 4.92 Å². The lowest BCUT2D eigenvalue weighted by Crippen LogP contribution is -2.36. The van der Waals surface area contributed by atoms with Crippen LogP contribution in [0.4, 0.5) is 5.69 Å². The molecule has 0 aliphatic heterocycles. The van der Waals surface area contributed by atoms with Gasteiger partial charge in [0, 0.05) is 19.7 Å². The van der Waals surface area contributed by atoms with Gasteiger partial charge in [0.05, 0.1) is 34.8 Å². The Morgan fingerprint density at radius 3 is 2.89 bits per heavy atom. The van der Waals surface area contributed by atoms with Crippen molar-refractivity contribution < 1.29 is 14.8 Å². The number of ether oxygens (including phenoxy) is 1. The van der Waals surface area contributed by atoms with Gasteiger partial charge in [0.25, 0.3) is 5.69 Å². The van der Waals surface area contributed by atoms with Crippen LogP contribution in [0.5, 0.6) is 0 Å². The number of nitro groups is 1. The molecule has 7 heteroatoms. The maximum atomic E-state index is 10.9. The molecule has 0 spiro atoms. The van der Waals surface area contributed by atoms with Gasteiger partial charge in [-0.25, -0.2) is 0 Å². The second-order valence-electron chi connectivity index (χ2n) is 3.71. The average Bonchev–Trinajstić information content (AvgIpc) is 2.35. The third kappa shape index (κ3) is 3.92. The summed E-state index contributed by atoms with van der Waals surface area (Å²) in [6.07, 6.45) is 0. The van der Waals surface area contributed by atoms with Crippen molar-refractivity contribution >= 4 is 17.3 Å². The molecule has 0 bridgehead atoms. The Morgan fingerprint density at radius 1 is 1.61 bits per heavy atom. The van der Waals surface area contributed by atoms with Crippen LogP contribution >= 0.6 is 11.6 Å². The standard InChI is InChI=1S/C11H15ClN2O4/c1-18-7-8(6-15)13-5-9-10(12)3-2-4-11(9)14(16)17/h2-4,8,13,15H,5-7H2,1H3. The van der Waals surface area contributed by atoms with Crippen LogP contribution < -0.4 is 5.32 Å². The Kier molecular flexibility index (Phi) is 6.00. The highest BCUT2D eigenvalue weighted by Crippen LogP contribution is 2.25. The Morgan fingerprint density at radius 2 is 2.33 bits per heavy atom. The molecule has 0 fully saturated rings. The Balaban J connectivity index is 2.80. The van der Waals surface area contributed by atoms with Crippen LogP contribution in [0, 0.1) is 10.1 Å². The average molecular weight is 275 g/mol. The van der Waals surface area contributed by atoms with Gasteiger partial charge in [-0.15, -0.1) is 0 Å². The van der Waals surface area contributed by atoms with Crippen molar-refractivity contribution in [2.75, 3.05) is 20.3 Å². The van der Waals surface area contributed by atoms with Gasteiger partial charge < -0.3 is 15.2 Å². The zero-order chi connectivity index (χ0) is 13.5. The highest BCUT2D eigenvalue weighted by molar-refractivity contribution is 6.31. The van der Waals surface area contributed by atoms with Gasteiger partial charge in [0.15, 0.2) is 0 Å². The smallest absolute Gasteiger partial charge is 0.275 e. The molecule has 0 aliphatic carbocycles. The van der Waals surface area contributed by atoms with Crippen molar-refractivity contribution in [1.29, 1.82) is 0 Å². The van der Waals surface area contributed by atoms with E-state index in [0.717, 1.165) is 0 Å². The minimum Gasteiger partial charge on any atom is -0.395 e. The number of nitro benzene ring substituents is 1. The van der Waals surface area contributed by atoms with Crippen LogP contribution in [-0.4, -0.2) is 36.4 Å². The van der Waals surface area contributed by atoms with Gasteiger partial charge in [0.2, 0.25) is 0 Å². The molecular weight excluding hydrogens is 260 g/mol. The number of rotatable bonds is 7. The molecule has 100 valence electrons. The van der Waals surface area contributed by atoms with Gasteiger partial charge in [0.1, 0.15) is 0 Å².